The van der Waals surface area contributed by atoms with E-state index in [9.17, 15) is 19.2 Å². The highest BCUT2D eigenvalue weighted by molar-refractivity contribution is 6.52. The fraction of sp³-hybridized carbons (Fsp3) is 0.267. The van der Waals surface area contributed by atoms with Crippen LogP contribution in [0, 0.1) is 0 Å². The lowest BCUT2D eigenvalue weighted by molar-refractivity contribution is -0.145. The molecule has 8 nitrogen and oxygen atoms in total. The first kappa shape index (κ1) is 25.2. The van der Waals surface area contributed by atoms with Crippen LogP contribution < -0.4 is 15.0 Å². The number of hydrogen-bond donors (Lipinski definition) is 1. The van der Waals surface area contributed by atoms with Crippen molar-refractivity contribution in [3.05, 3.63) is 90.0 Å². The second-order valence-electron chi connectivity index (χ2n) is 9.62. The fourth-order valence-electron chi connectivity index (χ4n) is 5.37. The van der Waals surface area contributed by atoms with Crippen LogP contribution in [0.2, 0.25) is 0 Å². The van der Waals surface area contributed by atoms with Crippen molar-refractivity contribution in [1.29, 1.82) is 0 Å². The Kier molecular flexibility index (Phi) is 6.96. The number of methoxy groups -OCH3 is 1. The monoisotopic (exact) mass is 511 g/mol. The van der Waals surface area contributed by atoms with Crippen LogP contribution in [-0.4, -0.2) is 47.6 Å². The summed E-state index contributed by atoms with van der Waals surface area (Å²) in [7, 11) is 1.57. The summed E-state index contributed by atoms with van der Waals surface area (Å²) in [6, 6.07) is 23.2. The zero-order chi connectivity index (χ0) is 26.7. The highest BCUT2D eigenvalue weighted by Crippen LogP contribution is 2.38. The largest absolute Gasteiger partial charge is 0.497 e. The van der Waals surface area contributed by atoms with Crippen LogP contribution in [-0.2, 0) is 20.9 Å². The summed E-state index contributed by atoms with van der Waals surface area (Å²) >= 11 is 0. The third kappa shape index (κ3) is 4.65. The summed E-state index contributed by atoms with van der Waals surface area (Å²) in [6.07, 6.45) is 2.57. The Balaban J connectivity index is 1.47. The molecule has 0 bridgehead atoms. The van der Waals surface area contributed by atoms with Gasteiger partial charge in [-0.05, 0) is 54.8 Å². The maximum atomic E-state index is 14.0. The molecule has 0 aromatic heterocycles. The van der Waals surface area contributed by atoms with Crippen molar-refractivity contribution in [2.45, 2.75) is 37.8 Å². The van der Waals surface area contributed by atoms with Crippen LogP contribution in [0.5, 0.6) is 5.75 Å². The lowest BCUT2D eigenvalue weighted by Gasteiger charge is -2.41. The van der Waals surface area contributed by atoms with Crippen molar-refractivity contribution in [1.82, 2.24) is 4.90 Å². The number of hydrogen-bond acceptors (Lipinski definition) is 5. The Labute approximate surface area is 221 Å². The van der Waals surface area contributed by atoms with E-state index < -0.39 is 23.1 Å². The molecule has 0 spiro atoms. The molecule has 38 heavy (non-hydrogen) atoms. The van der Waals surface area contributed by atoms with Gasteiger partial charge in [-0.3, -0.25) is 24.1 Å². The molecule has 1 fully saturated rings. The average molecular weight is 512 g/mol. The molecule has 1 N–H and O–H groups in total. The molecule has 1 aliphatic heterocycles. The van der Waals surface area contributed by atoms with E-state index in [-0.39, 0.29) is 24.6 Å². The lowest BCUT2D eigenvalue weighted by atomic mass is 9.92. The molecule has 1 saturated carbocycles. The number of para-hydroxylation sites is 1. The number of ketones is 1. The summed E-state index contributed by atoms with van der Waals surface area (Å²) in [5.74, 6) is -1.35. The maximum Gasteiger partial charge on any atom is 0.299 e. The fourth-order valence-corrected chi connectivity index (χ4v) is 5.37. The second kappa shape index (κ2) is 10.5. The normalized spacial score (nSPS) is 15.8. The highest BCUT2D eigenvalue weighted by Gasteiger charge is 2.49. The Morgan fingerprint density at radius 2 is 1.58 bits per heavy atom. The minimum atomic E-state index is -1.10. The van der Waals surface area contributed by atoms with Gasteiger partial charge in [0.25, 0.3) is 11.7 Å². The number of nitrogens with one attached hydrogen (secondary N) is 1. The Bertz CT molecular complexity index is 1360. The molecule has 1 aliphatic carbocycles. The van der Waals surface area contributed by atoms with Gasteiger partial charge in [0.1, 0.15) is 17.8 Å². The first-order valence-corrected chi connectivity index (χ1v) is 12.7. The predicted octanol–water partition coefficient (Wildman–Crippen LogP) is 4.20. The zero-order valence-electron chi connectivity index (χ0n) is 21.2. The van der Waals surface area contributed by atoms with Gasteiger partial charge in [0.05, 0.1) is 18.4 Å². The second-order valence-corrected chi connectivity index (χ2v) is 9.62. The number of carbonyl (C=O) groups excluding carboxylic acids is 4. The molecule has 0 atom stereocenters. The SMILES string of the molecule is COc1ccc(NC(=O)C2(N(Cc3ccccc3)C(=O)CN3C(=O)C(=O)c4ccccc43)CCCC2)cc1. The molecule has 3 aromatic rings. The number of rotatable bonds is 8. The van der Waals surface area contributed by atoms with E-state index in [0.717, 1.165) is 18.4 Å². The number of ether oxygens (including phenoxy) is 1. The average Bonchev–Trinajstić information content (AvgIpc) is 3.53. The third-order valence-corrected chi connectivity index (χ3v) is 7.37. The molecule has 3 aromatic carbocycles. The van der Waals surface area contributed by atoms with E-state index in [1.165, 1.54) is 4.90 Å². The molecule has 0 saturated heterocycles. The van der Waals surface area contributed by atoms with E-state index >= 15 is 0 Å². The first-order chi connectivity index (χ1) is 18.4. The molecular weight excluding hydrogens is 482 g/mol. The summed E-state index contributed by atoms with van der Waals surface area (Å²) in [4.78, 5) is 56.1. The van der Waals surface area contributed by atoms with E-state index in [4.69, 9.17) is 4.74 Å². The van der Waals surface area contributed by atoms with Gasteiger partial charge in [0.2, 0.25) is 11.8 Å². The predicted molar refractivity (Wildman–Crippen MR) is 143 cm³/mol. The zero-order valence-corrected chi connectivity index (χ0v) is 21.2. The molecule has 0 radical (unpaired) electrons. The molecule has 3 amide bonds. The molecule has 8 heteroatoms. The quantitative estimate of drug-likeness (QED) is 0.457. The van der Waals surface area contributed by atoms with Crippen LogP contribution in [0.25, 0.3) is 0 Å². The van der Waals surface area contributed by atoms with E-state index in [2.05, 4.69) is 5.32 Å². The smallest absolute Gasteiger partial charge is 0.299 e. The topological polar surface area (TPSA) is 96.0 Å². The summed E-state index contributed by atoms with van der Waals surface area (Å²) < 4.78 is 5.21. The van der Waals surface area contributed by atoms with Gasteiger partial charge < -0.3 is 15.0 Å². The van der Waals surface area contributed by atoms with Gasteiger partial charge in [-0.1, -0.05) is 55.3 Å². The van der Waals surface area contributed by atoms with Gasteiger partial charge in [-0.2, -0.15) is 0 Å². The van der Waals surface area contributed by atoms with Crippen LogP contribution in [0.1, 0.15) is 41.6 Å². The number of Topliss-reactive ketones (excluding diaryl/α,β-unsaturated/α-hetero) is 1. The van der Waals surface area contributed by atoms with Crippen molar-refractivity contribution < 1.29 is 23.9 Å². The van der Waals surface area contributed by atoms with Crippen molar-refractivity contribution >= 4 is 34.9 Å². The molecule has 1 heterocycles. The number of nitrogens with zero attached hydrogens (tertiary/aromatic N) is 2. The van der Waals surface area contributed by atoms with Gasteiger partial charge in [-0.15, -0.1) is 0 Å². The number of amides is 3. The first-order valence-electron chi connectivity index (χ1n) is 12.7. The van der Waals surface area contributed by atoms with E-state index in [0.29, 0.717) is 30.0 Å². The molecule has 0 unspecified atom stereocenters. The minimum absolute atomic E-state index is 0.202. The van der Waals surface area contributed by atoms with E-state index in [1.807, 2.05) is 30.3 Å². The van der Waals surface area contributed by atoms with Crippen molar-refractivity contribution in [3.8, 4) is 5.75 Å². The standard InChI is InChI=1S/C30H29N3O5/c1-38-23-15-13-22(14-16-23)31-29(37)30(17-7-8-18-30)33(19-21-9-3-2-4-10-21)26(34)20-32-25-12-6-5-11-24(25)27(35)28(32)36/h2-6,9-16H,7-8,17-20H2,1H3,(H,31,37). The number of anilines is 2. The van der Waals surface area contributed by atoms with Crippen molar-refractivity contribution in [2.75, 3.05) is 23.9 Å². The third-order valence-electron chi connectivity index (χ3n) is 7.37. The van der Waals surface area contributed by atoms with E-state index in [1.54, 1.807) is 60.5 Å². The summed E-state index contributed by atoms with van der Waals surface area (Å²) in [5, 5.41) is 3.00. The van der Waals surface area contributed by atoms with Gasteiger partial charge in [0, 0.05) is 12.2 Å². The van der Waals surface area contributed by atoms with Crippen molar-refractivity contribution in [3.63, 3.8) is 0 Å². The van der Waals surface area contributed by atoms with Crippen LogP contribution in [0.3, 0.4) is 0 Å². The summed E-state index contributed by atoms with van der Waals surface area (Å²) in [6.45, 7) is -0.126. The Hall–Kier alpha value is -4.46. The lowest BCUT2D eigenvalue weighted by Crippen LogP contribution is -2.59. The number of carbonyl (C=O) groups is 4. The van der Waals surface area contributed by atoms with Crippen molar-refractivity contribution in [2.24, 2.45) is 0 Å². The minimum Gasteiger partial charge on any atom is -0.497 e. The van der Waals surface area contributed by atoms with Gasteiger partial charge in [0.15, 0.2) is 0 Å². The Morgan fingerprint density at radius 3 is 2.26 bits per heavy atom. The van der Waals surface area contributed by atoms with Crippen LogP contribution in [0.15, 0.2) is 78.9 Å². The molecule has 5 rings (SSSR count). The molecular formula is C30H29N3O5. The van der Waals surface area contributed by atoms with Crippen LogP contribution >= 0.6 is 0 Å². The molecule has 194 valence electrons. The highest BCUT2D eigenvalue weighted by atomic mass is 16.5. The molecule has 2 aliphatic rings. The maximum absolute atomic E-state index is 14.0. The number of benzene rings is 3. The summed E-state index contributed by atoms with van der Waals surface area (Å²) in [5.41, 5.74) is 1.07. The van der Waals surface area contributed by atoms with Gasteiger partial charge in [-0.25, -0.2) is 0 Å². The Morgan fingerprint density at radius 1 is 0.921 bits per heavy atom. The number of fused-ring (bicyclic) bond motifs is 1. The van der Waals surface area contributed by atoms with Crippen LogP contribution in [0.4, 0.5) is 11.4 Å². The van der Waals surface area contributed by atoms with Gasteiger partial charge >= 0.3 is 0 Å².